The number of ether oxygens (including phenoxy) is 1. The van der Waals surface area contributed by atoms with E-state index >= 15 is 0 Å². The van der Waals surface area contributed by atoms with Gasteiger partial charge in [-0.1, -0.05) is 29.8 Å². The Kier molecular flexibility index (Phi) is 3.46. The first-order chi connectivity index (χ1) is 9.56. The molecule has 1 unspecified atom stereocenters. The van der Waals surface area contributed by atoms with E-state index in [9.17, 15) is 8.78 Å². The van der Waals surface area contributed by atoms with E-state index in [4.69, 9.17) is 22.1 Å². The molecule has 2 N–H and O–H groups in total. The molecule has 0 saturated heterocycles. The van der Waals surface area contributed by atoms with Gasteiger partial charge in [-0.25, -0.2) is 8.78 Å². The van der Waals surface area contributed by atoms with Gasteiger partial charge < -0.3 is 10.5 Å². The van der Waals surface area contributed by atoms with Crippen molar-refractivity contribution in [2.45, 2.75) is 19.3 Å². The third-order valence-corrected chi connectivity index (χ3v) is 3.81. The van der Waals surface area contributed by atoms with Crippen molar-refractivity contribution in [1.82, 2.24) is 0 Å². The molecular formula is C15H12ClF2NO. The van der Waals surface area contributed by atoms with Crippen molar-refractivity contribution < 1.29 is 13.5 Å². The second-order valence-electron chi connectivity index (χ2n) is 4.79. The van der Waals surface area contributed by atoms with Gasteiger partial charge in [0.1, 0.15) is 0 Å². The summed E-state index contributed by atoms with van der Waals surface area (Å²) in [6, 6.07) is 7.10. The van der Waals surface area contributed by atoms with Crippen LogP contribution in [0.15, 0.2) is 30.3 Å². The first-order valence-electron chi connectivity index (χ1n) is 6.15. The van der Waals surface area contributed by atoms with Gasteiger partial charge in [0.25, 0.3) is 0 Å². The lowest BCUT2D eigenvalue weighted by atomic mass is 9.96. The van der Waals surface area contributed by atoms with Crippen molar-refractivity contribution in [2.75, 3.05) is 0 Å². The maximum Gasteiger partial charge on any atom is 0.160 e. The molecule has 1 aliphatic heterocycles. The molecule has 2 aromatic rings. The monoisotopic (exact) mass is 295 g/mol. The summed E-state index contributed by atoms with van der Waals surface area (Å²) in [6.07, 6.45) is 0. The highest BCUT2D eigenvalue weighted by molar-refractivity contribution is 6.31. The lowest BCUT2D eigenvalue weighted by Crippen LogP contribution is -2.13. The number of fused-ring (bicyclic) bond motifs is 1. The number of nitrogens with two attached hydrogens (primary N) is 1. The van der Waals surface area contributed by atoms with Crippen molar-refractivity contribution in [3.05, 3.63) is 69.2 Å². The van der Waals surface area contributed by atoms with Crippen LogP contribution in [0.5, 0.6) is 0 Å². The predicted molar refractivity (Wildman–Crippen MR) is 72.3 cm³/mol. The molecule has 0 radical (unpaired) electrons. The van der Waals surface area contributed by atoms with Crippen LogP contribution in [0, 0.1) is 11.6 Å². The summed E-state index contributed by atoms with van der Waals surface area (Å²) in [5, 5.41) is 0.119. The van der Waals surface area contributed by atoms with E-state index < -0.39 is 17.7 Å². The van der Waals surface area contributed by atoms with Crippen molar-refractivity contribution in [1.29, 1.82) is 0 Å². The van der Waals surface area contributed by atoms with Crippen LogP contribution in [0.2, 0.25) is 5.02 Å². The van der Waals surface area contributed by atoms with Gasteiger partial charge in [-0.05, 0) is 34.4 Å². The molecule has 0 fully saturated rings. The SMILES string of the molecule is NC(c1ccc2c(c1)COC2)c1cc(F)c(F)cc1Cl. The lowest BCUT2D eigenvalue weighted by molar-refractivity contribution is 0.134. The third-order valence-electron chi connectivity index (χ3n) is 3.48. The molecule has 0 bridgehead atoms. The van der Waals surface area contributed by atoms with Gasteiger partial charge in [0.05, 0.1) is 19.3 Å². The van der Waals surface area contributed by atoms with Crippen molar-refractivity contribution in [2.24, 2.45) is 5.73 Å². The Labute approximate surface area is 120 Å². The average molecular weight is 296 g/mol. The molecule has 2 aromatic carbocycles. The molecule has 104 valence electrons. The zero-order valence-corrected chi connectivity index (χ0v) is 11.3. The van der Waals surface area contributed by atoms with E-state index in [1.54, 1.807) is 0 Å². The van der Waals surface area contributed by atoms with Gasteiger partial charge in [0, 0.05) is 5.02 Å². The second-order valence-corrected chi connectivity index (χ2v) is 5.19. The largest absolute Gasteiger partial charge is 0.372 e. The van der Waals surface area contributed by atoms with Crippen molar-refractivity contribution in [3.8, 4) is 0 Å². The molecule has 1 aliphatic rings. The second kappa shape index (κ2) is 5.13. The minimum absolute atomic E-state index is 0.119. The summed E-state index contributed by atoms with van der Waals surface area (Å²) >= 11 is 5.95. The number of rotatable bonds is 2. The molecule has 0 saturated carbocycles. The Morgan fingerprint density at radius 3 is 2.55 bits per heavy atom. The predicted octanol–water partition coefficient (Wildman–Crippen LogP) is 3.70. The summed E-state index contributed by atoms with van der Waals surface area (Å²) in [6.45, 7) is 1.14. The van der Waals surface area contributed by atoms with E-state index in [1.165, 1.54) is 0 Å². The quantitative estimate of drug-likeness (QED) is 0.858. The molecule has 1 atom stereocenters. The van der Waals surface area contributed by atoms with Crippen molar-refractivity contribution in [3.63, 3.8) is 0 Å². The topological polar surface area (TPSA) is 35.2 Å². The maximum atomic E-state index is 13.3. The Bertz CT molecular complexity index is 675. The lowest BCUT2D eigenvalue weighted by Gasteiger charge is -2.15. The first kappa shape index (κ1) is 13.5. The van der Waals surface area contributed by atoms with Crippen LogP contribution in [-0.4, -0.2) is 0 Å². The van der Waals surface area contributed by atoms with Gasteiger partial charge in [-0.15, -0.1) is 0 Å². The van der Waals surface area contributed by atoms with Crippen molar-refractivity contribution >= 4 is 11.6 Å². The minimum atomic E-state index is -0.978. The molecule has 1 heterocycles. The van der Waals surface area contributed by atoms with Crippen LogP contribution >= 0.6 is 11.6 Å². The van der Waals surface area contributed by atoms with Crippen LogP contribution in [0.25, 0.3) is 0 Å². The van der Waals surface area contributed by atoms with E-state index in [0.29, 0.717) is 18.8 Å². The summed E-state index contributed by atoms with van der Waals surface area (Å²) in [7, 11) is 0. The van der Waals surface area contributed by atoms with Gasteiger partial charge in [-0.2, -0.15) is 0 Å². The van der Waals surface area contributed by atoms with E-state index in [1.807, 2.05) is 18.2 Å². The highest BCUT2D eigenvalue weighted by atomic mass is 35.5. The molecule has 0 amide bonds. The number of benzene rings is 2. The standard InChI is InChI=1S/C15H12ClF2NO/c16-12-5-14(18)13(17)4-11(12)15(19)8-1-2-9-6-20-7-10(9)3-8/h1-5,15H,6-7,19H2. The average Bonchev–Trinajstić information content (AvgIpc) is 2.89. The molecule has 5 heteroatoms. The first-order valence-corrected chi connectivity index (χ1v) is 6.53. The summed E-state index contributed by atoms with van der Waals surface area (Å²) < 4.78 is 31.8. The van der Waals surface area contributed by atoms with Crippen LogP contribution in [-0.2, 0) is 18.0 Å². The fourth-order valence-electron chi connectivity index (χ4n) is 2.34. The minimum Gasteiger partial charge on any atom is -0.372 e. The zero-order valence-electron chi connectivity index (χ0n) is 10.5. The van der Waals surface area contributed by atoms with Crippen LogP contribution in [0.1, 0.15) is 28.3 Å². The molecule has 0 aliphatic carbocycles. The highest BCUT2D eigenvalue weighted by Gasteiger charge is 2.19. The van der Waals surface area contributed by atoms with Gasteiger partial charge in [-0.3, -0.25) is 0 Å². The number of hydrogen-bond acceptors (Lipinski definition) is 2. The zero-order chi connectivity index (χ0) is 14.3. The van der Waals surface area contributed by atoms with E-state index in [-0.39, 0.29) is 5.02 Å². The summed E-state index contributed by atoms with van der Waals surface area (Å²) in [5.41, 5.74) is 9.46. The molecule has 20 heavy (non-hydrogen) atoms. The number of hydrogen-bond donors (Lipinski definition) is 1. The smallest absolute Gasteiger partial charge is 0.160 e. The molecule has 2 nitrogen and oxygen atoms in total. The highest BCUT2D eigenvalue weighted by Crippen LogP contribution is 2.31. The van der Waals surface area contributed by atoms with Crippen LogP contribution in [0.3, 0.4) is 0 Å². The normalized spacial score (nSPS) is 15.2. The Balaban J connectivity index is 2.00. The third kappa shape index (κ3) is 2.30. The van der Waals surface area contributed by atoms with Crippen LogP contribution in [0.4, 0.5) is 8.78 Å². The fourth-order valence-corrected chi connectivity index (χ4v) is 2.61. The molecule has 0 spiro atoms. The Hall–Kier alpha value is -1.49. The van der Waals surface area contributed by atoms with Gasteiger partial charge >= 0.3 is 0 Å². The molecular weight excluding hydrogens is 284 g/mol. The fraction of sp³-hybridized carbons (Fsp3) is 0.200. The Morgan fingerprint density at radius 1 is 1.05 bits per heavy atom. The molecule has 0 aromatic heterocycles. The van der Waals surface area contributed by atoms with E-state index in [0.717, 1.165) is 28.8 Å². The van der Waals surface area contributed by atoms with Crippen LogP contribution < -0.4 is 5.73 Å². The Morgan fingerprint density at radius 2 is 1.75 bits per heavy atom. The number of halogens is 3. The van der Waals surface area contributed by atoms with E-state index in [2.05, 4.69) is 0 Å². The van der Waals surface area contributed by atoms with Gasteiger partial charge in [0.2, 0.25) is 0 Å². The maximum absolute atomic E-state index is 13.3. The molecule has 3 rings (SSSR count). The van der Waals surface area contributed by atoms with Gasteiger partial charge in [0.15, 0.2) is 11.6 Å². The summed E-state index contributed by atoms with van der Waals surface area (Å²) in [5.74, 6) is -1.93. The summed E-state index contributed by atoms with van der Waals surface area (Å²) in [4.78, 5) is 0.